The van der Waals surface area contributed by atoms with E-state index in [2.05, 4.69) is 46.1 Å². The van der Waals surface area contributed by atoms with Gasteiger partial charge < -0.3 is 10.2 Å². The molecular formula is C21H28N4O. The monoisotopic (exact) mass is 352 g/mol. The van der Waals surface area contributed by atoms with Gasteiger partial charge in [-0.1, -0.05) is 32.0 Å². The summed E-state index contributed by atoms with van der Waals surface area (Å²) in [7, 11) is 0. The van der Waals surface area contributed by atoms with Gasteiger partial charge in [0.15, 0.2) is 0 Å². The second-order valence-electron chi connectivity index (χ2n) is 7.15. The molecule has 0 radical (unpaired) electrons. The highest BCUT2D eigenvalue weighted by Crippen LogP contribution is 2.18. The molecule has 0 spiro atoms. The van der Waals surface area contributed by atoms with Crippen molar-refractivity contribution < 1.29 is 4.79 Å². The fourth-order valence-corrected chi connectivity index (χ4v) is 3.24. The molecule has 0 aliphatic carbocycles. The summed E-state index contributed by atoms with van der Waals surface area (Å²) in [6.07, 6.45) is 1.82. The molecule has 3 rings (SSSR count). The number of carbonyl (C=O) groups excluding carboxylic acids is 1. The van der Waals surface area contributed by atoms with Gasteiger partial charge in [-0.2, -0.15) is 0 Å². The van der Waals surface area contributed by atoms with E-state index in [1.54, 1.807) is 0 Å². The predicted octanol–water partition coefficient (Wildman–Crippen LogP) is 3.35. The van der Waals surface area contributed by atoms with Gasteiger partial charge in [0.1, 0.15) is 5.82 Å². The molecule has 2 heterocycles. The Balaban J connectivity index is 1.53. The van der Waals surface area contributed by atoms with Crippen molar-refractivity contribution in [2.75, 3.05) is 36.4 Å². The first kappa shape index (κ1) is 18.4. The third kappa shape index (κ3) is 4.41. The van der Waals surface area contributed by atoms with Crippen molar-refractivity contribution in [2.45, 2.75) is 32.7 Å². The maximum Gasteiger partial charge on any atom is 0.241 e. The van der Waals surface area contributed by atoms with Gasteiger partial charge in [0.25, 0.3) is 0 Å². The van der Waals surface area contributed by atoms with Crippen molar-refractivity contribution in [3.8, 4) is 0 Å². The normalized spacial score (nSPS) is 16.5. The number of piperazine rings is 1. The standard InChI is InChI=1S/C21H28N4O/c1-16(2)18-7-9-19(10-8-18)23-21(26)17(3)24-12-14-25(15-13-24)20-6-4-5-11-22-20/h4-11,16-17H,12-15H2,1-3H3,(H,23,26)/t17-/m0/s1. The molecule has 5 heteroatoms. The molecule has 1 fully saturated rings. The fourth-order valence-electron chi connectivity index (χ4n) is 3.24. The number of amides is 1. The zero-order chi connectivity index (χ0) is 18.5. The zero-order valence-corrected chi connectivity index (χ0v) is 15.9. The minimum Gasteiger partial charge on any atom is -0.354 e. The quantitative estimate of drug-likeness (QED) is 0.896. The van der Waals surface area contributed by atoms with Crippen LogP contribution in [-0.2, 0) is 4.79 Å². The maximum atomic E-state index is 12.6. The number of nitrogens with one attached hydrogen (secondary N) is 1. The molecule has 0 saturated carbocycles. The Kier molecular flexibility index (Phi) is 5.89. The Hall–Kier alpha value is -2.40. The number of hydrogen-bond acceptors (Lipinski definition) is 4. The highest BCUT2D eigenvalue weighted by atomic mass is 16.2. The number of anilines is 2. The van der Waals surface area contributed by atoms with Crippen LogP contribution in [0.4, 0.5) is 11.5 Å². The van der Waals surface area contributed by atoms with E-state index in [9.17, 15) is 4.79 Å². The molecule has 1 aromatic heterocycles. The first-order valence-electron chi connectivity index (χ1n) is 9.35. The zero-order valence-electron chi connectivity index (χ0n) is 15.9. The summed E-state index contributed by atoms with van der Waals surface area (Å²) in [5, 5.41) is 3.04. The summed E-state index contributed by atoms with van der Waals surface area (Å²) >= 11 is 0. The van der Waals surface area contributed by atoms with Crippen LogP contribution in [0.3, 0.4) is 0 Å². The molecule has 2 aromatic rings. The predicted molar refractivity (Wildman–Crippen MR) is 107 cm³/mol. The topological polar surface area (TPSA) is 48.5 Å². The van der Waals surface area contributed by atoms with E-state index in [0.29, 0.717) is 5.92 Å². The molecule has 1 atom stereocenters. The van der Waals surface area contributed by atoms with E-state index in [-0.39, 0.29) is 11.9 Å². The van der Waals surface area contributed by atoms with Crippen LogP contribution in [-0.4, -0.2) is 48.0 Å². The van der Waals surface area contributed by atoms with E-state index in [1.165, 1.54) is 5.56 Å². The van der Waals surface area contributed by atoms with E-state index in [4.69, 9.17) is 0 Å². The summed E-state index contributed by atoms with van der Waals surface area (Å²) in [5.41, 5.74) is 2.14. The molecule has 1 saturated heterocycles. The highest BCUT2D eigenvalue weighted by molar-refractivity contribution is 5.94. The Morgan fingerprint density at radius 2 is 1.69 bits per heavy atom. The van der Waals surface area contributed by atoms with Crippen molar-refractivity contribution in [2.24, 2.45) is 0 Å². The number of pyridine rings is 1. The van der Waals surface area contributed by atoms with Gasteiger partial charge in [-0.3, -0.25) is 9.69 Å². The Morgan fingerprint density at radius 1 is 1.00 bits per heavy atom. The second-order valence-corrected chi connectivity index (χ2v) is 7.15. The first-order chi connectivity index (χ1) is 12.5. The van der Waals surface area contributed by atoms with Crippen molar-refractivity contribution in [1.29, 1.82) is 0 Å². The Morgan fingerprint density at radius 3 is 2.27 bits per heavy atom. The average molecular weight is 352 g/mol. The van der Waals surface area contributed by atoms with E-state index in [1.807, 2.05) is 43.5 Å². The number of aromatic nitrogens is 1. The molecule has 1 aliphatic rings. The molecule has 0 bridgehead atoms. The van der Waals surface area contributed by atoms with Crippen LogP contribution in [0.15, 0.2) is 48.7 Å². The van der Waals surface area contributed by atoms with Gasteiger partial charge in [0.2, 0.25) is 5.91 Å². The van der Waals surface area contributed by atoms with E-state index < -0.39 is 0 Å². The fraction of sp³-hybridized carbons (Fsp3) is 0.429. The van der Waals surface area contributed by atoms with Crippen LogP contribution >= 0.6 is 0 Å². The van der Waals surface area contributed by atoms with Gasteiger partial charge in [-0.15, -0.1) is 0 Å². The van der Waals surface area contributed by atoms with Gasteiger partial charge in [0, 0.05) is 38.1 Å². The van der Waals surface area contributed by atoms with Crippen molar-refractivity contribution >= 4 is 17.4 Å². The average Bonchev–Trinajstić information content (AvgIpc) is 2.68. The SMILES string of the molecule is CC(C)c1ccc(NC(=O)[C@H](C)N2CCN(c3ccccn3)CC2)cc1. The molecular weight excluding hydrogens is 324 g/mol. The summed E-state index contributed by atoms with van der Waals surface area (Å²) in [5.74, 6) is 1.55. The maximum absolute atomic E-state index is 12.6. The van der Waals surface area contributed by atoms with Crippen molar-refractivity contribution in [1.82, 2.24) is 9.88 Å². The molecule has 26 heavy (non-hydrogen) atoms. The number of rotatable bonds is 5. The van der Waals surface area contributed by atoms with Crippen LogP contribution in [0, 0.1) is 0 Å². The van der Waals surface area contributed by atoms with Crippen LogP contribution in [0.5, 0.6) is 0 Å². The molecule has 1 N–H and O–H groups in total. The van der Waals surface area contributed by atoms with Crippen LogP contribution in [0.1, 0.15) is 32.3 Å². The lowest BCUT2D eigenvalue weighted by Gasteiger charge is -2.37. The van der Waals surface area contributed by atoms with E-state index in [0.717, 1.165) is 37.7 Å². The van der Waals surface area contributed by atoms with Gasteiger partial charge in [-0.05, 0) is 42.7 Å². The number of hydrogen-bond donors (Lipinski definition) is 1. The highest BCUT2D eigenvalue weighted by Gasteiger charge is 2.26. The minimum absolute atomic E-state index is 0.0496. The summed E-state index contributed by atoms with van der Waals surface area (Å²) in [6, 6.07) is 14.0. The van der Waals surface area contributed by atoms with Gasteiger partial charge >= 0.3 is 0 Å². The van der Waals surface area contributed by atoms with Crippen molar-refractivity contribution in [3.05, 3.63) is 54.2 Å². The smallest absolute Gasteiger partial charge is 0.241 e. The lowest BCUT2D eigenvalue weighted by Crippen LogP contribution is -2.53. The minimum atomic E-state index is -0.148. The number of nitrogens with zero attached hydrogens (tertiary/aromatic N) is 3. The molecule has 1 aromatic carbocycles. The molecule has 138 valence electrons. The van der Waals surface area contributed by atoms with Gasteiger partial charge in [0.05, 0.1) is 6.04 Å². The van der Waals surface area contributed by atoms with Crippen LogP contribution in [0.2, 0.25) is 0 Å². The third-order valence-corrected chi connectivity index (χ3v) is 5.06. The summed E-state index contributed by atoms with van der Waals surface area (Å²) in [4.78, 5) is 21.5. The Labute approximate surface area is 156 Å². The van der Waals surface area contributed by atoms with Gasteiger partial charge in [-0.25, -0.2) is 4.98 Å². The molecule has 0 unspecified atom stereocenters. The van der Waals surface area contributed by atoms with Crippen LogP contribution < -0.4 is 10.2 Å². The largest absolute Gasteiger partial charge is 0.354 e. The third-order valence-electron chi connectivity index (χ3n) is 5.06. The lowest BCUT2D eigenvalue weighted by atomic mass is 10.0. The summed E-state index contributed by atoms with van der Waals surface area (Å²) < 4.78 is 0. The molecule has 5 nitrogen and oxygen atoms in total. The molecule has 1 aliphatic heterocycles. The first-order valence-corrected chi connectivity index (χ1v) is 9.35. The lowest BCUT2D eigenvalue weighted by molar-refractivity contribution is -0.120. The summed E-state index contributed by atoms with van der Waals surface area (Å²) in [6.45, 7) is 9.80. The molecule has 1 amide bonds. The number of carbonyl (C=O) groups is 1. The van der Waals surface area contributed by atoms with E-state index >= 15 is 0 Å². The van der Waals surface area contributed by atoms with Crippen LogP contribution in [0.25, 0.3) is 0 Å². The Bertz CT molecular complexity index is 707. The second kappa shape index (κ2) is 8.32. The van der Waals surface area contributed by atoms with Crippen molar-refractivity contribution in [3.63, 3.8) is 0 Å². The number of benzene rings is 1.